The minimum Gasteiger partial charge on any atom is -0.369 e. The van der Waals surface area contributed by atoms with Crippen LogP contribution in [0.15, 0.2) is 54.6 Å². The number of nitrogens with zero attached hydrogens (tertiary/aromatic N) is 2. The number of likely N-dealkylation sites (N-methyl/N-ethyl adjacent to an activating group) is 1. The van der Waals surface area contributed by atoms with Gasteiger partial charge in [0, 0.05) is 43.5 Å². The van der Waals surface area contributed by atoms with Crippen LogP contribution in [0.1, 0.15) is 24.8 Å². The van der Waals surface area contributed by atoms with Crippen molar-refractivity contribution in [1.82, 2.24) is 4.90 Å². The summed E-state index contributed by atoms with van der Waals surface area (Å²) in [6.07, 6.45) is 0.954. The van der Waals surface area contributed by atoms with Crippen LogP contribution in [0.25, 0.3) is 0 Å². The Kier molecular flexibility index (Phi) is 4.93. The summed E-state index contributed by atoms with van der Waals surface area (Å²) in [5, 5.41) is 3.08. The molecule has 2 aliphatic rings. The van der Waals surface area contributed by atoms with E-state index in [0.29, 0.717) is 5.92 Å². The van der Waals surface area contributed by atoms with Gasteiger partial charge in [-0.1, -0.05) is 37.3 Å². The molecule has 2 atom stereocenters. The molecule has 2 unspecified atom stereocenters. The summed E-state index contributed by atoms with van der Waals surface area (Å²) in [5.41, 5.74) is 3.41. The van der Waals surface area contributed by atoms with Crippen molar-refractivity contribution in [3.8, 4) is 0 Å². The monoisotopic (exact) mass is 349 g/mol. The van der Waals surface area contributed by atoms with Crippen molar-refractivity contribution in [2.45, 2.75) is 19.3 Å². The van der Waals surface area contributed by atoms with Crippen LogP contribution in [0, 0.1) is 5.92 Å². The third kappa shape index (κ3) is 3.75. The zero-order valence-electron chi connectivity index (χ0n) is 15.4. The lowest BCUT2D eigenvalue weighted by Crippen LogP contribution is -2.46. The Labute approximate surface area is 155 Å². The number of hydrogen-bond acceptors (Lipinski definition) is 3. The van der Waals surface area contributed by atoms with E-state index >= 15 is 0 Å². The summed E-state index contributed by atoms with van der Waals surface area (Å²) >= 11 is 0. The van der Waals surface area contributed by atoms with E-state index in [4.69, 9.17) is 0 Å². The van der Waals surface area contributed by atoms with Crippen molar-refractivity contribution >= 4 is 17.3 Å². The maximum absolute atomic E-state index is 12.5. The van der Waals surface area contributed by atoms with Gasteiger partial charge in [-0.3, -0.25) is 4.79 Å². The molecule has 0 spiro atoms. The van der Waals surface area contributed by atoms with Crippen molar-refractivity contribution in [1.29, 1.82) is 0 Å². The second-order valence-corrected chi connectivity index (χ2v) is 7.32. The predicted octanol–water partition coefficient (Wildman–Crippen LogP) is 3.57. The zero-order chi connectivity index (χ0) is 17.9. The minimum atomic E-state index is 0.110. The molecule has 1 saturated carbocycles. The summed E-state index contributed by atoms with van der Waals surface area (Å²) < 4.78 is 0. The van der Waals surface area contributed by atoms with Crippen molar-refractivity contribution in [2.24, 2.45) is 5.92 Å². The van der Waals surface area contributed by atoms with Crippen LogP contribution in [0.5, 0.6) is 0 Å². The van der Waals surface area contributed by atoms with Gasteiger partial charge in [0.05, 0.1) is 0 Å². The number of carbonyl (C=O) groups excluding carboxylic acids is 1. The Hall–Kier alpha value is -2.33. The van der Waals surface area contributed by atoms with Crippen LogP contribution < -0.4 is 10.2 Å². The molecule has 26 heavy (non-hydrogen) atoms. The zero-order valence-corrected chi connectivity index (χ0v) is 15.4. The van der Waals surface area contributed by atoms with Gasteiger partial charge in [-0.2, -0.15) is 0 Å². The summed E-state index contributed by atoms with van der Waals surface area (Å²) in [6, 6.07) is 18.6. The number of anilines is 2. The molecule has 4 rings (SSSR count). The number of benzene rings is 2. The molecule has 4 heteroatoms. The fourth-order valence-corrected chi connectivity index (χ4v) is 3.87. The maximum atomic E-state index is 12.5. The summed E-state index contributed by atoms with van der Waals surface area (Å²) in [7, 11) is 0. The molecular weight excluding hydrogens is 322 g/mol. The first-order chi connectivity index (χ1) is 12.7. The van der Waals surface area contributed by atoms with Gasteiger partial charge in [-0.15, -0.1) is 0 Å². The number of piperazine rings is 1. The Morgan fingerprint density at radius 1 is 1.00 bits per heavy atom. The van der Waals surface area contributed by atoms with Crippen molar-refractivity contribution in [3.63, 3.8) is 0 Å². The lowest BCUT2D eigenvalue weighted by Gasteiger charge is -2.35. The van der Waals surface area contributed by atoms with Crippen molar-refractivity contribution in [2.75, 3.05) is 42.9 Å². The number of carbonyl (C=O) groups is 1. The maximum Gasteiger partial charge on any atom is 0.228 e. The normalized spacial score (nSPS) is 22.9. The lowest BCUT2D eigenvalue weighted by atomic mass is 10.1. The van der Waals surface area contributed by atoms with Gasteiger partial charge < -0.3 is 15.1 Å². The summed E-state index contributed by atoms with van der Waals surface area (Å²) in [5.74, 6) is 0.632. The van der Waals surface area contributed by atoms with Gasteiger partial charge in [-0.05, 0) is 48.7 Å². The third-order valence-electron chi connectivity index (χ3n) is 5.67. The fraction of sp³-hybridized carbons (Fsp3) is 0.409. The second kappa shape index (κ2) is 7.50. The molecule has 1 saturated heterocycles. The molecule has 2 aromatic rings. The van der Waals surface area contributed by atoms with Crippen LogP contribution in [-0.2, 0) is 4.79 Å². The average Bonchev–Trinajstić information content (AvgIpc) is 3.50. The quantitative estimate of drug-likeness (QED) is 0.896. The van der Waals surface area contributed by atoms with E-state index in [1.54, 1.807) is 0 Å². The Morgan fingerprint density at radius 3 is 2.35 bits per heavy atom. The van der Waals surface area contributed by atoms with Gasteiger partial charge in [0.2, 0.25) is 5.91 Å². The van der Waals surface area contributed by atoms with E-state index in [-0.39, 0.29) is 11.8 Å². The Morgan fingerprint density at radius 2 is 1.69 bits per heavy atom. The fourth-order valence-electron chi connectivity index (χ4n) is 3.87. The predicted molar refractivity (Wildman–Crippen MR) is 107 cm³/mol. The smallest absolute Gasteiger partial charge is 0.228 e. The highest BCUT2D eigenvalue weighted by Crippen LogP contribution is 2.47. The van der Waals surface area contributed by atoms with Crippen molar-refractivity contribution < 1.29 is 4.79 Å². The number of rotatable bonds is 5. The molecule has 0 aromatic heterocycles. The molecule has 2 fully saturated rings. The molecule has 2 aromatic carbocycles. The first-order valence-electron chi connectivity index (χ1n) is 9.68. The second-order valence-electron chi connectivity index (χ2n) is 7.32. The standard InChI is InChI=1S/C22H27N3O/c1-2-24-12-14-25(15-13-24)19-10-8-18(9-11-19)23-22(26)21-16-20(21)17-6-4-3-5-7-17/h3-11,20-21H,2,12-16H2,1H3,(H,23,26). The summed E-state index contributed by atoms with van der Waals surface area (Å²) in [4.78, 5) is 17.4. The van der Waals surface area contributed by atoms with Gasteiger partial charge in [0.15, 0.2) is 0 Å². The SMILES string of the molecule is CCN1CCN(c2ccc(NC(=O)C3CC3c3ccccc3)cc2)CC1. The van der Waals surface area contributed by atoms with Crippen molar-refractivity contribution in [3.05, 3.63) is 60.2 Å². The van der Waals surface area contributed by atoms with Crippen LogP contribution in [0.4, 0.5) is 11.4 Å². The summed E-state index contributed by atoms with van der Waals surface area (Å²) in [6.45, 7) is 7.73. The van der Waals surface area contributed by atoms with Gasteiger partial charge in [0.1, 0.15) is 0 Å². The number of hydrogen-bond donors (Lipinski definition) is 1. The lowest BCUT2D eigenvalue weighted by molar-refractivity contribution is -0.117. The highest BCUT2D eigenvalue weighted by Gasteiger charge is 2.43. The number of amides is 1. The molecule has 0 bridgehead atoms. The van der Waals surface area contributed by atoms with Crippen LogP contribution in [0.2, 0.25) is 0 Å². The van der Waals surface area contributed by atoms with E-state index in [1.165, 1.54) is 11.3 Å². The molecule has 0 radical (unpaired) electrons. The largest absolute Gasteiger partial charge is 0.369 e. The molecule has 4 nitrogen and oxygen atoms in total. The van der Waals surface area contributed by atoms with Crippen LogP contribution >= 0.6 is 0 Å². The molecule has 1 aliphatic heterocycles. The molecule has 136 valence electrons. The molecular formula is C22H27N3O. The van der Waals surface area contributed by atoms with E-state index in [1.807, 2.05) is 30.3 Å². The first-order valence-corrected chi connectivity index (χ1v) is 9.68. The van der Waals surface area contributed by atoms with E-state index in [2.05, 4.69) is 46.3 Å². The molecule has 1 heterocycles. The highest BCUT2D eigenvalue weighted by atomic mass is 16.2. The topological polar surface area (TPSA) is 35.6 Å². The van der Waals surface area contributed by atoms with Gasteiger partial charge >= 0.3 is 0 Å². The highest BCUT2D eigenvalue weighted by molar-refractivity contribution is 5.95. The molecule has 1 aliphatic carbocycles. The van der Waals surface area contributed by atoms with E-state index < -0.39 is 0 Å². The van der Waals surface area contributed by atoms with Gasteiger partial charge in [-0.25, -0.2) is 0 Å². The average molecular weight is 349 g/mol. The van der Waals surface area contributed by atoms with E-state index in [9.17, 15) is 4.79 Å². The Balaban J connectivity index is 1.31. The first kappa shape index (κ1) is 17.1. The third-order valence-corrected chi connectivity index (χ3v) is 5.67. The van der Waals surface area contributed by atoms with Crippen LogP contribution in [-0.4, -0.2) is 43.5 Å². The van der Waals surface area contributed by atoms with Crippen LogP contribution in [0.3, 0.4) is 0 Å². The molecule has 1 N–H and O–H groups in total. The van der Waals surface area contributed by atoms with Gasteiger partial charge in [0.25, 0.3) is 0 Å². The minimum absolute atomic E-state index is 0.110. The van der Waals surface area contributed by atoms with E-state index in [0.717, 1.165) is 44.8 Å². The Bertz CT molecular complexity index is 736. The molecule has 1 amide bonds. The number of nitrogens with one attached hydrogen (secondary N) is 1.